The van der Waals surface area contributed by atoms with Crippen LogP contribution in [-0.4, -0.2) is 4.92 Å². The molecule has 1 aliphatic heterocycles. The summed E-state index contributed by atoms with van der Waals surface area (Å²) in [6.07, 6.45) is 0. The molecule has 0 bridgehead atoms. The van der Waals surface area contributed by atoms with Crippen molar-refractivity contribution in [2.75, 3.05) is 5.32 Å². The minimum atomic E-state index is -0.617. The van der Waals surface area contributed by atoms with Crippen LogP contribution in [0.4, 0.5) is 5.69 Å². The molecule has 0 radical (unpaired) electrons. The van der Waals surface area contributed by atoms with Crippen LogP contribution in [-0.2, 0) is 0 Å². The van der Waals surface area contributed by atoms with Crippen molar-refractivity contribution in [1.82, 2.24) is 0 Å². The zero-order chi connectivity index (χ0) is 13.3. The molecule has 0 aliphatic carbocycles. The normalized spacial score (nSPS) is 15.7. The van der Waals surface area contributed by atoms with Crippen molar-refractivity contribution in [2.24, 2.45) is 0 Å². The van der Waals surface area contributed by atoms with Crippen LogP contribution in [0.5, 0.6) is 0 Å². The van der Waals surface area contributed by atoms with Crippen molar-refractivity contribution in [2.45, 2.75) is 4.90 Å². The third-order valence-corrected chi connectivity index (χ3v) is 4.13. The highest BCUT2D eigenvalue weighted by Gasteiger charge is 2.30. The highest BCUT2D eigenvalue weighted by molar-refractivity contribution is 8.03. The fraction of sp³-hybridized carbons (Fsp3) is 0. The van der Waals surface area contributed by atoms with Gasteiger partial charge in [-0.15, -0.1) is 0 Å². The Morgan fingerprint density at radius 3 is 2.50 bits per heavy atom. The molecule has 2 rings (SSSR count). The molecule has 0 saturated carbocycles. The number of nitro groups is 1. The summed E-state index contributed by atoms with van der Waals surface area (Å²) in [5.41, 5.74) is 0.449. The molecule has 0 atom stereocenters. The first-order valence-corrected chi connectivity index (χ1v) is 6.59. The molecule has 18 heavy (non-hydrogen) atoms. The Morgan fingerprint density at radius 1 is 1.28 bits per heavy atom. The molecule has 1 aliphatic rings. The van der Waals surface area contributed by atoms with Gasteiger partial charge < -0.3 is 5.32 Å². The number of hydrogen-bond donors (Lipinski definition) is 1. The fourth-order valence-corrected chi connectivity index (χ4v) is 2.80. The molecule has 0 unspecified atom stereocenters. The van der Waals surface area contributed by atoms with E-state index in [9.17, 15) is 10.1 Å². The quantitative estimate of drug-likeness (QED) is 0.641. The molecule has 1 heterocycles. The number of halogens is 3. The summed E-state index contributed by atoms with van der Waals surface area (Å²) in [7, 11) is 0. The van der Waals surface area contributed by atoms with Gasteiger partial charge in [0.15, 0.2) is 10.1 Å². The topological polar surface area (TPSA) is 55.2 Å². The maximum atomic E-state index is 11.0. The van der Waals surface area contributed by atoms with Crippen LogP contribution in [0.2, 0.25) is 0 Å². The summed E-state index contributed by atoms with van der Waals surface area (Å²) >= 11 is 18.0. The van der Waals surface area contributed by atoms with Crippen LogP contribution >= 0.6 is 46.6 Å². The number of allylic oxidation sites excluding steroid dienone is 1. The molecule has 8 heteroatoms. The summed E-state index contributed by atoms with van der Waals surface area (Å²) in [5.74, 6) is 0. The van der Waals surface area contributed by atoms with E-state index in [1.807, 2.05) is 24.3 Å². The van der Waals surface area contributed by atoms with Crippen LogP contribution < -0.4 is 5.32 Å². The van der Waals surface area contributed by atoms with Crippen LogP contribution in [0.25, 0.3) is 0 Å². The molecule has 1 aromatic rings. The van der Waals surface area contributed by atoms with E-state index < -0.39 is 4.92 Å². The number of nitrogens with one attached hydrogen (secondary N) is 1. The first-order chi connectivity index (χ1) is 8.50. The molecule has 0 amide bonds. The minimum absolute atomic E-state index is 0.286. The van der Waals surface area contributed by atoms with Gasteiger partial charge in [0.05, 0.1) is 10.6 Å². The first-order valence-electron chi connectivity index (χ1n) is 4.64. The summed E-state index contributed by atoms with van der Waals surface area (Å²) in [5, 5.41) is 14.0. The standard InChI is InChI=1S/C10H5Cl3N2O2S/c11-7(9(12)13)8(15(16)17)10-14-5-3-1-2-4-6(5)18-10/h1-4,14H/b10-8-. The lowest BCUT2D eigenvalue weighted by molar-refractivity contribution is -0.420. The zero-order valence-corrected chi connectivity index (χ0v) is 11.7. The molecular formula is C10H5Cl3N2O2S. The summed E-state index contributed by atoms with van der Waals surface area (Å²) in [4.78, 5) is 11.3. The van der Waals surface area contributed by atoms with Gasteiger partial charge in [-0.3, -0.25) is 10.1 Å². The van der Waals surface area contributed by atoms with Crippen molar-refractivity contribution in [1.29, 1.82) is 0 Å². The second kappa shape index (κ2) is 5.40. The van der Waals surface area contributed by atoms with Gasteiger partial charge in [0.25, 0.3) is 0 Å². The van der Waals surface area contributed by atoms with Gasteiger partial charge in [-0.2, -0.15) is 0 Å². The number of hydrogen-bond acceptors (Lipinski definition) is 4. The van der Waals surface area contributed by atoms with Gasteiger partial charge in [-0.25, -0.2) is 0 Å². The molecule has 0 saturated heterocycles. The summed E-state index contributed by atoms with van der Waals surface area (Å²) in [6.45, 7) is 0. The Balaban J connectivity index is 2.49. The second-order valence-electron chi connectivity index (χ2n) is 3.23. The number of rotatable bonds is 2. The van der Waals surface area contributed by atoms with Crippen molar-refractivity contribution in [3.05, 3.63) is 54.6 Å². The maximum Gasteiger partial charge on any atom is 0.320 e. The Hall–Kier alpha value is -0.880. The molecule has 0 aromatic heterocycles. The molecular weight excluding hydrogens is 319 g/mol. The zero-order valence-electron chi connectivity index (χ0n) is 8.62. The number of para-hydroxylation sites is 1. The van der Waals surface area contributed by atoms with Crippen LogP contribution in [0.3, 0.4) is 0 Å². The SMILES string of the molecule is O=[N+]([O-])/C(C(Cl)=C(Cl)Cl)=C1/Nc2ccccc2S1. The number of thioether (sulfide) groups is 1. The largest absolute Gasteiger partial charge is 0.343 e. The number of nitrogens with zero attached hydrogens (tertiary/aromatic N) is 1. The monoisotopic (exact) mass is 322 g/mol. The third kappa shape index (κ3) is 2.59. The smallest absolute Gasteiger partial charge is 0.320 e. The Morgan fingerprint density at radius 2 is 1.94 bits per heavy atom. The minimum Gasteiger partial charge on any atom is -0.343 e. The van der Waals surface area contributed by atoms with E-state index in [0.29, 0.717) is 5.03 Å². The average Bonchev–Trinajstić information content (AvgIpc) is 2.71. The third-order valence-electron chi connectivity index (χ3n) is 2.12. The Labute approximate surface area is 122 Å². The lowest BCUT2D eigenvalue weighted by Crippen LogP contribution is -2.06. The number of anilines is 1. The highest BCUT2D eigenvalue weighted by Crippen LogP contribution is 2.44. The average molecular weight is 324 g/mol. The van der Waals surface area contributed by atoms with E-state index in [4.69, 9.17) is 34.8 Å². The van der Waals surface area contributed by atoms with Crippen molar-refractivity contribution < 1.29 is 4.92 Å². The van der Waals surface area contributed by atoms with Gasteiger partial charge in [0.2, 0.25) is 0 Å². The first kappa shape index (κ1) is 13.5. The van der Waals surface area contributed by atoms with Crippen molar-refractivity contribution >= 4 is 52.3 Å². The Bertz CT molecular complexity index is 555. The summed E-state index contributed by atoms with van der Waals surface area (Å²) < 4.78 is -0.339. The van der Waals surface area contributed by atoms with Gasteiger partial charge in [0, 0.05) is 4.90 Å². The van der Waals surface area contributed by atoms with E-state index in [2.05, 4.69) is 5.32 Å². The second-order valence-corrected chi connectivity index (χ2v) is 5.61. The lowest BCUT2D eigenvalue weighted by atomic mass is 10.3. The molecule has 0 fully saturated rings. The van der Waals surface area contributed by atoms with E-state index in [1.165, 1.54) is 11.8 Å². The number of fused-ring (bicyclic) bond motifs is 1. The molecule has 1 N–H and O–H groups in total. The Kier molecular flexibility index (Phi) is 4.07. The van der Waals surface area contributed by atoms with Crippen molar-refractivity contribution in [3.63, 3.8) is 0 Å². The van der Waals surface area contributed by atoms with E-state index in [1.54, 1.807) is 0 Å². The van der Waals surface area contributed by atoms with Crippen molar-refractivity contribution in [3.8, 4) is 0 Å². The number of benzene rings is 1. The summed E-state index contributed by atoms with van der Waals surface area (Å²) in [6, 6.07) is 7.33. The lowest BCUT2D eigenvalue weighted by Gasteiger charge is -2.01. The van der Waals surface area contributed by atoms with E-state index in [0.717, 1.165) is 10.6 Å². The van der Waals surface area contributed by atoms with E-state index >= 15 is 0 Å². The van der Waals surface area contributed by atoms with Crippen LogP contribution in [0.15, 0.2) is 49.4 Å². The molecule has 0 spiro atoms. The van der Waals surface area contributed by atoms with E-state index in [-0.39, 0.29) is 15.2 Å². The fourth-order valence-electron chi connectivity index (χ4n) is 1.38. The van der Waals surface area contributed by atoms with Gasteiger partial charge in [0.1, 0.15) is 4.49 Å². The molecule has 4 nitrogen and oxygen atoms in total. The molecule has 94 valence electrons. The maximum absolute atomic E-state index is 11.0. The highest BCUT2D eigenvalue weighted by atomic mass is 35.5. The van der Waals surface area contributed by atoms with Crippen LogP contribution in [0.1, 0.15) is 0 Å². The van der Waals surface area contributed by atoms with Gasteiger partial charge in [-0.1, -0.05) is 58.7 Å². The molecule has 1 aromatic carbocycles. The van der Waals surface area contributed by atoms with Crippen LogP contribution in [0, 0.1) is 10.1 Å². The van der Waals surface area contributed by atoms with Gasteiger partial charge >= 0.3 is 5.70 Å². The van der Waals surface area contributed by atoms with Gasteiger partial charge in [-0.05, 0) is 12.1 Å². The predicted octanol–water partition coefficient (Wildman–Crippen LogP) is 4.54. The predicted molar refractivity (Wildman–Crippen MR) is 74.5 cm³/mol.